The molecule has 1 saturated carbocycles. The summed E-state index contributed by atoms with van der Waals surface area (Å²) < 4.78 is 9.43. The number of allylic oxidation sites excluding steroid dienone is 2. The Morgan fingerprint density at radius 1 is 1.22 bits per heavy atom. The van der Waals surface area contributed by atoms with Gasteiger partial charge in [-0.05, 0) is 12.5 Å². The van der Waals surface area contributed by atoms with E-state index in [-0.39, 0.29) is 5.92 Å². The molecule has 0 spiro atoms. The summed E-state index contributed by atoms with van der Waals surface area (Å²) in [6.07, 6.45) is 4.55. The second-order valence-corrected chi connectivity index (χ2v) is 11.5. The Labute approximate surface area is 109 Å². The van der Waals surface area contributed by atoms with Crippen molar-refractivity contribution >= 4 is 20.0 Å². The van der Waals surface area contributed by atoms with Crippen LogP contribution in [0, 0.1) is 11.3 Å². The summed E-state index contributed by atoms with van der Waals surface area (Å²) in [5, 5.41) is 0. The van der Waals surface area contributed by atoms with Crippen LogP contribution in [0.25, 0.3) is 0 Å². The Morgan fingerprint density at radius 2 is 1.72 bits per heavy atom. The standard InChI is InChI=1S/C13H22O4Si/c1-16-11(14)13(12(15)17-2)9-10(13)7-6-8-18(3,4)5/h6-7,10H,8-9H2,1-5H3/b7-6+. The van der Waals surface area contributed by atoms with Crippen molar-refractivity contribution in [2.45, 2.75) is 32.1 Å². The molecule has 0 amide bonds. The molecule has 1 unspecified atom stereocenters. The molecule has 0 saturated heterocycles. The van der Waals surface area contributed by atoms with Crippen LogP contribution in [-0.2, 0) is 19.1 Å². The fourth-order valence-corrected chi connectivity index (χ4v) is 2.87. The largest absolute Gasteiger partial charge is 0.468 e. The van der Waals surface area contributed by atoms with Gasteiger partial charge in [-0.2, -0.15) is 0 Å². The normalized spacial score (nSPS) is 21.7. The van der Waals surface area contributed by atoms with E-state index in [2.05, 4.69) is 25.7 Å². The number of hydrogen-bond acceptors (Lipinski definition) is 4. The Hall–Kier alpha value is -1.10. The zero-order valence-corrected chi connectivity index (χ0v) is 12.8. The smallest absolute Gasteiger partial charge is 0.323 e. The first kappa shape index (κ1) is 15.0. The van der Waals surface area contributed by atoms with Gasteiger partial charge in [0.15, 0.2) is 5.41 Å². The minimum absolute atomic E-state index is 0.0752. The quantitative estimate of drug-likeness (QED) is 0.333. The van der Waals surface area contributed by atoms with Crippen LogP contribution < -0.4 is 0 Å². The van der Waals surface area contributed by atoms with Crippen molar-refractivity contribution in [3.8, 4) is 0 Å². The van der Waals surface area contributed by atoms with E-state index in [9.17, 15) is 9.59 Å². The lowest BCUT2D eigenvalue weighted by atomic mass is 10.0. The van der Waals surface area contributed by atoms with E-state index >= 15 is 0 Å². The Morgan fingerprint density at radius 3 is 2.11 bits per heavy atom. The molecule has 0 N–H and O–H groups in total. The molecule has 0 heterocycles. The van der Waals surface area contributed by atoms with Gasteiger partial charge in [0.05, 0.1) is 14.2 Å². The molecule has 1 aliphatic rings. The first-order chi connectivity index (χ1) is 8.28. The molecular formula is C13H22O4Si. The molecule has 0 aromatic carbocycles. The zero-order valence-electron chi connectivity index (χ0n) is 11.8. The van der Waals surface area contributed by atoms with Gasteiger partial charge < -0.3 is 9.47 Å². The Kier molecular flexibility index (Phi) is 4.37. The maximum Gasteiger partial charge on any atom is 0.323 e. The third-order valence-electron chi connectivity index (χ3n) is 3.21. The van der Waals surface area contributed by atoms with E-state index in [0.29, 0.717) is 6.42 Å². The predicted octanol–water partition coefficient (Wildman–Crippen LogP) is 2.23. The lowest BCUT2D eigenvalue weighted by molar-refractivity contribution is -0.161. The third-order valence-corrected chi connectivity index (χ3v) is 4.67. The number of esters is 2. The molecule has 5 heteroatoms. The summed E-state index contributed by atoms with van der Waals surface area (Å²) >= 11 is 0. The van der Waals surface area contributed by atoms with Gasteiger partial charge in [0.2, 0.25) is 0 Å². The van der Waals surface area contributed by atoms with Gasteiger partial charge in [0, 0.05) is 14.0 Å². The molecule has 0 bridgehead atoms. The van der Waals surface area contributed by atoms with Crippen LogP contribution in [0.3, 0.4) is 0 Å². The molecule has 18 heavy (non-hydrogen) atoms. The number of carbonyl (C=O) groups is 2. The van der Waals surface area contributed by atoms with Crippen molar-refractivity contribution in [2.75, 3.05) is 14.2 Å². The van der Waals surface area contributed by atoms with Crippen molar-refractivity contribution in [1.82, 2.24) is 0 Å². The van der Waals surface area contributed by atoms with E-state index in [4.69, 9.17) is 9.47 Å². The summed E-state index contributed by atoms with van der Waals surface area (Å²) in [5.74, 6) is -1.05. The van der Waals surface area contributed by atoms with Crippen molar-refractivity contribution in [3.63, 3.8) is 0 Å². The first-order valence-electron chi connectivity index (χ1n) is 6.11. The van der Waals surface area contributed by atoms with E-state index in [1.54, 1.807) is 0 Å². The summed E-state index contributed by atoms with van der Waals surface area (Å²) in [4.78, 5) is 23.4. The van der Waals surface area contributed by atoms with E-state index in [1.165, 1.54) is 14.2 Å². The van der Waals surface area contributed by atoms with Gasteiger partial charge in [-0.15, -0.1) is 0 Å². The van der Waals surface area contributed by atoms with E-state index in [0.717, 1.165) is 6.04 Å². The Bertz CT molecular complexity index is 352. The van der Waals surface area contributed by atoms with Crippen LogP contribution in [0.4, 0.5) is 0 Å². The SMILES string of the molecule is COC(=O)C1(C(=O)OC)CC1/C=C/C[Si](C)(C)C. The fourth-order valence-electron chi connectivity index (χ4n) is 2.02. The van der Waals surface area contributed by atoms with Crippen LogP contribution in [-0.4, -0.2) is 34.2 Å². The minimum Gasteiger partial charge on any atom is -0.468 e. The van der Waals surface area contributed by atoms with Gasteiger partial charge in [0.25, 0.3) is 0 Å². The number of hydrogen-bond donors (Lipinski definition) is 0. The summed E-state index contributed by atoms with van der Waals surface area (Å²) in [5.41, 5.74) is -1.08. The Balaban J connectivity index is 2.71. The minimum atomic E-state index is -1.13. The molecule has 1 atom stereocenters. The predicted molar refractivity (Wildman–Crippen MR) is 71.9 cm³/mol. The third kappa shape index (κ3) is 3.01. The molecule has 1 fully saturated rings. The number of rotatable bonds is 5. The second-order valence-electron chi connectivity index (χ2n) is 5.96. The number of ether oxygens (including phenoxy) is 2. The molecule has 0 aromatic heterocycles. The molecule has 4 nitrogen and oxygen atoms in total. The fraction of sp³-hybridized carbons (Fsp3) is 0.692. The van der Waals surface area contributed by atoms with Crippen LogP contribution in [0.5, 0.6) is 0 Å². The highest BCUT2D eigenvalue weighted by atomic mass is 28.3. The maximum atomic E-state index is 11.7. The molecular weight excluding hydrogens is 248 g/mol. The molecule has 1 rings (SSSR count). The number of carbonyl (C=O) groups excluding carboxylic acids is 2. The van der Waals surface area contributed by atoms with Gasteiger partial charge in [-0.25, -0.2) is 0 Å². The highest BCUT2D eigenvalue weighted by Gasteiger charge is 2.66. The van der Waals surface area contributed by atoms with Crippen LogP contribution >= 0.6 is 0 Å². The van der Waals surface area contributed by atoms with Crippen LogP contribution in [0.1, 0.15) is 6.42 Å². The van der Waals surface area contributed by atoms with Gasteiger partial charge in [0.1, 0.15) is 0 Å². The van der Waals surface area contributed by atoms with Crippen LogP contribution in [0.2, 0.25) is 25.7 Å². The molecule has 0 radical (unpaired) electrons. The van der Waals surface area contributed by atoms with Gasteiger partial charge in [-0.1, -0.05) is 31.8 Å². The van der Waals surface area contributed by atoms with Gasteiger partial charge >= 0.3 is 11.9 Å². The van der Waals surface area contributed by atoms with E-state index < -0.39 is 25.4 Å². The number of methoxy groups -OCH3 is 2. The average Bonchev–Trinajstić information content (AvgIpc) is 3.01. The maximum absolute atomic E-state index is 11.7. The monoisotopic (exact) mass is 270 g/mol. The zero-order chi connectivity index (χ0) is 14.0. The molecule has 0 aromatic rings. The lowest BCUT2D eigenvalue weighted by Gasteiger charge is -2.12. The summed E-state index contributed by atoms with van der Waals surface area (Å²) in [6, 6.07) is 1.04. The van der Waals surface area contributed by atoms with Crippen LogP contribution in [0.15, 0.2) is 12.2 Å². The highest BCUT2D eigenvalue weighted by molar-refractivity contribution is 6.76. The first-order valence-corrected chi connectivity index (χ1v) is 9.82. The molecule has 102 valence electrons. The highest BCUT2D eigenvalue weighted by Crippen LogP contribution is 2.55. The van der Waals surface area contributed by atoms with Crippen molar-refractivity contribution < 1.29 is 19.1 Å². The second kappa shape index (κ2) is 5.26. The van der Waals surface area contributed by atoms with Crippen molar-refractivity contribution in [3.05, 3.63) is 12.2 Å². The molecule has 1 aliphatic carbocycles. The van der Waals surface area contributed by atoms with Gasteiger partial charge in [-0.3, -0.25) is 9.59 Å². The summed E-state index contributed by atoms with van der Waals surface area (Å²) in [7, 11) is 1.47. The molecule has 0 aliphatic heterocycles. The summed E-state index contributed by atoms with van der Waals surface area (Å²) in [6.45, 7) is 6.83. The van der Waals surface area contributed by atoms with E-state index in [1.807, 2.05) is 6.08 Å². The van der Waals surface area contributed by atoms with Crippen molar-refractivity contribution in [2.24, 2.45) is 11.3 Å². The average molecular weight is 270 g/mol. The van der Waals surface area contributed by atoms with Crippen molar-refractivity contribution in [1.29, 1.82) is 0 Å². The lowest BCUT2D eigenvalue weighted by Crippen LogP contribution is -2.30. The topological polar surface area (TPSA) is 52.6 Å².